The van der Waals surface area contributed by atoms with E-state index in [-0.39, 0.29) is 5.56 Å². The summed E-state index contributed by atoms with van der Waals surface area (Å²) in [5, 5.41) is 4.83. The van der Waals surface area contributed by atoms with Crippen molar-refractivity contribution < 1.29 is 31.5 Å². The summed E-state index contributed by atoms with van der Waals surface area (Å²) < 4.78 is 66.4. The maximum atomic E-state index is 13.8. The van der Waals surface area contributed by atoms with E-state index < -0.39 is 58.8 Å². The maximum absolute atomic E-state index is 13.8. The van der Waals surface area contributed by atoms with Gasteiger partial charge in [0.2, 0.25) is 5.91 Å². The fourth-order valence-electron chi connectivity index (χ4n) is 2.83. The third-order valence-electron chi connectivity index (χ3n) is 4.50. The van der Waals surface area contributed by atoms with Crippen molar-refractivity contribution in [2.24, 2.45) is 5.92 Å². The molecule has 0 aromatic heterocycles. The number of halogens is 5. The minimum absolute atomic E-state index is 0.215. The van der Waals surface area contributed by atoms with E-state index in [0.29, 0.717) is 0 Å². The fourth-order valence-corrected chi connectivity index (χ4v) is 2.83. The number of rotatable bonds is 6. The van der Waals surface area contributed by atoms with Crippen LogP contribution in [0.25, 0.3) is 0 Å². The Morgan fingerprint density at radius 2 is 1.47 bits per heavy atom. The maximum Gasteiger partial charge on any atom is 0.416 e. The molecule has 0 fully saturated rings. The standard InChI is InChI=1S/C21H21F5N2O2/c1-11(2)18(28-19(29)17-15(22)8-5-9-16(17)23)20(30)27-12(3)13-6-4-7-14(10-13)21(24,25)26/h4-12,18H,1-3H3,(H,27,30)(H,28,29). The highest BCUT2D eigenvalue weighted by Crippen LogP contribution is 2.30. The molecule has 0 aliphatic rings. The van der Waals surface area contributed by atoms with Gasteiger partial charge in [-0.1, -0.05) is 32.0 Å². The molecule has 9 heteroatoms. The molecule has 2 N–H and O–H groups in total. The topological polar surface area (TPSA) is 58.2 Å². The molecule has 4 nitrogen and oxygen atoms in total. The highest BCUT2D eigenvalue weighted by atomic mass is 19.4. The summed E-state index contributed by atoms with van der Waals surface area (Å²) in [5.41, 5.74) is -1.46. The number of hydrogen-bond acceptors (Lipinski definition) is 2. The summed E-state index contributed by atoms with van der Waals surface area (Å²) in [6.07, 6.45) is -4.53. The van der Waals surface area contributed by atoms with Gasteiger partial charge in [0.05, 0.1) is 11.6 Å². The summed E-state index contributed by atoms with van der Waals surface area (Å²) in [6.45, 7) is 4.71. The Kier molecular flexibility index (Phi) is 7.17. The van der Waals surface area contributed by atoms with E-state index in [1.165, 1.54) is 19.1 Å². The fraction of sp³-hybridized carbons (Fsp3) is 0.333. The van der Waals surface area contributed by atoms with Crippen molar-refractivity contribution in [1.82, 2.24) is 10.6 Å². The van der Waals surface area contributed by atoms with Gasteiger partial charge in [-0.15, -0.1) is 0 Å². The van der Waals surface area contributed by atoms with Gasteiger partial charge in [0.25, 0.3) is 5.91 Å². The van der Waals surface area contributed by atoms with Gasteiger partial charge in [-0.05, 0) is 42.7 Å². The molecule has 0 bridgehead atoms. The number of benzene rings is 2. The molecule has 0 aliphatic carbocycles. The van der Waals surface area contributed by atoms with Crippen LogP contribution < -0.4 is 10.6 Å². The van der Waals surface area contributed by atoms with Crippen LogP contribution in [0.3, 0.4) is 0 Å². The highest BCUT2D eigenvalue weighted by molar-refractivity contribution is 5.98. The first kappa shape index (κ1) is 23.3. The van der Waals surface area contributed by atoms with Gasteiger partial charge in [-0.2, -0.15) is 13.2 Å². The summed E-state index contributed by atoms with van der Waals surface area (Å²) in [4.78, 5) is 25.0. The zero-order valence-electron chi connectivity index (χ0n) is 16.5. The van der Waals surface area contributed by atoms with E-state index in [1.54, 1.807) is 13.8 Å². The van der Waals surface area contributed by atoms with Gasteiger partial charge in [0, 0.05) is 0 Å². The molecule has 0 spiro atoms. The number of alkyl halides is 3. The second-order valence-corrected chi connectivity index (χ2v) is 7.15. The Morgan fingerprint density at radius 1 is 0.900 bits per heavy atom. The Bertz CT molecular complexity index is 908. The molecule has 2 rings (SSSR count). The molecular formula is C21H21F5N2O2. The quantitative estimate of drug-likeness (QED) is 0.660. The van der Waals surface area contributed by atoms with Crippen molar-refractivity contribution in [2.45, 2.75) is 39.0 Å². The lowest BCUT2D eigenvalue weighted by atomic mass is 10.0. The molecule has 2 unspecified atom stereocenters. The van der Waals surface area contributed by atoms with Crippen LogP contribution in [0.1, 0.15) is 48.3 Å². The number of carbonyl (C=O) groups excluding carboxylic acids is 2. The van der Waals surface area contributed by atoms with Crippen LogP contribution in [0.4, 0.5) is 22.0 Å². The van der Waals surface area contributed by atoms with Crippen LogP contribution in [0.5, 0.6) is 0 Å². The Hall–Kier alpha value is -2.97. The predicted octanol–water partition coefficient (Wildman–Crippen LogP) is 4.62. The first-order valence-corrected chi connectivity index (χ1v) is 9.14. The molecule has 2 aromatic carbocycles. The van der Waals surface area contributed by atoms with Crippen molar-refractivity contribution >= 4 is 11.8 Å². The van der Waals surface area contributed by atoms with Crippen molar-refractivity contribution in [3.63, 3.8) is 0 Å². The lowest BCUT2D eigenvalue weighted by Crippen LogP contribution is -2.50. The second-order valence-electron chi connectivity index (χ2n) is 7.15. The van der Waals surface area contributed by atoms with Gasteiger partial charge >= 0.3 is 6.18 Å². The Balaban J connectivity index is 2.17. The van der Waals surface area contributed by atoms with E-state index in [4.69, 9.17) is 0 Å². The van der Waals surface area contributed by atoms with E-state index in [1.807, 2.05) is 0 Å². The molecule has 2 atom stereocenters. The minimum Gasteiger partial charge on any atom is -0.348 e. The predicted molar refractivity (Wildman–Crippen MR) is 100 cm³/mol. The summed E-state index contributed by atoms with van der Waals surface area (Å²) in [5.74, 6) is -4.41. The lowest BCUT2D eigenvalue weighted by Gasteiger charge is -2.24. The molecule has 162 valence electrons. The number of hydrogen-bond donors (Lipinski definition) is 2. The SMILES string of the molecule is CC(NC(=O)C(NC(=O)c1c(F)cccc1F)C(C)C)c1cccc(C(F)(F)F)c1. The smallest absolute Gasteiger partial charge is 0.348 e. The molecule has 2 amide bonds. The first-order valence-electron chi connectivity index (χ1n) is 9.14. The first-order chi connectivity index (χ1) is 13.9. The summed E-state index contributed by atoms with van der Waals surface area (Å²) >= 11 is 0. The van der Waals surface area contributed by atoms with Crippen LogP contribution in [0.15, 0.2) is 42.5 Å². The van der Waals surface area contributed by atoms with Crippen molar-refractivity contribution in [3.8, 4) is 0 Å². The molecule has 2 aromatic rings. The number of carbonyl (C=O) groups is 2. The van der Waals surface area contributed by atoms with Crippen LogP contribution in [0, 0.1) is 17.6 Å². The van der Waals surface area contributed by atoms with Crippen LogP contribution in [-0.4, -0.2) is 17.9 Å². The third-order valence-corrected chi connectivity index (χ3v) is 4.50. The van der Waals surface area contributed by atoms with Gasteiger partial charge in [0.15, 0.2) is 0 Å². The van der Waals surface area contributed by atoms with Gasteiger partial charge in [0.1, 0.15) is 23.2 Å². The normalized spacial score (nSPS) is 13.6. The third kappa shape index (κ3) is 5.55. The lowest BCUT2D eigenvalue weighted by molar-refractivity contribution is -0.137. The molecule has 0 saturated heterocycles. The van der Waals surface area contributed by atoms with Gasteiger partial charge in [-0.25, -0.2) is 8.78 Å². The van der Waals surface area contributed by atoms with Crippen LogP contribution >= 0.6 is 0 Å². The molecular weight excluding hydrogens is 407 g/mol. The van der Waals surface area contributed by atoms with Crippen LogP contribution in [0.2, 0.25) is 0 Å². The van der Waals surface area contributed by atoms with E-state index >= 15 is 0 Å². The van der Waals surface area contributed by atoms with Gasteiger partial charge < -0.3 is 10.6 Å². The van der Waals surface area contributed by atoms with E-state index in [2.05, 4.69) is 10.6 Å². The van der Waals surface area contributed by atoms with E-state index in [0.717, 1.165) is 30.3 Å². The molecule has 0 heterocycles. The zero-order valence-corrected chi connectivity index (χ0v) is 16.5. The Labute approximate surface area is 170 Å². The summed E-state index contributed by atoms with van der Waals surface area (Å²) in [7, 11) is 0. The molecule has 0 aliphatic heterocycles. The molecule has 0 radical (unpaired) electrons. The zero-order chi connectivity index (χ0) is 22.6. The van der Waals surface area contributed by atoms with Gasteiger partial charge in [-0.3, -0.25) is 9.59 Å². The van der Waals surface area contributed by atoms with Crippen molar-refractivity contribution in [1.29, 1.82) is 0 Å². The molecule has 30 heavy (non-hydrogen) atoms. The second kappa shape index (κ2) is 9.23. The average Bonchev–Trinajstić information content (AvgIpc) is 2.65. The minimum atomic E-state index is -4.53. The average molecular weight is 428 g/mol. The largest absolute Gasteiger partial charge is 0.416 e. The summed E-state index contributed by atoms with van der Waals surface area (Å²) in [6, 6.07) is 5.45. The van der Waals surface area contributed by atoms with Crippen LogP contribution in [-0.2, 0) is 11.0 Å². The number of nitrogens with one attached hydrogen (secondary N) is 2. The Morgan fingerprint density at radius 3 is 2.00 bits per heavy atom. The van der Waals surface area contributed by atoms with E-state index in [9.17, 15) is 31.5 Å². The van der Waals surface area contributed by atoms with Crippen molar-refractivity contribution in [2.75, 3.05) is 0 Å². The number of amides is 2. The van der Waals surface area contributed by atoms with Crippen molar-refractivity contribution in [3.05, 3.63) is 70.8 Å². The highest BCUT2D eigenvalue weighted by Gasteiger charge is 2.31. The molecule has 0 saturated carbocycles. The monoisotopic (exact) mass is 428 g/mol.